The van der Waals surface area contributed by atoms with Crippen LogP contribution in [0.1, 0.15) is 44.5 Å². The van der Waals surface area contributed by atoms with E-state index in [1.54, 1.807) is 13.0 Å². The molecule has 0 bridgehead atoms. The Balaban J connectivity index is 1.42. The summed E-state index contributed by atoms with van der Waals surface area (Å²) in [5.41, 5.74) is 3.02. The van der Waals surface area contributed by atoms with Crippen LogP contribution in [0, 0.1) is 23.4 Å². The highest BCUT2D eigenvalue weighted by Crippen LogP contribution is 2.36. The van der Waals surface area contributed by atoms with Gasteiger partial charge in [0, 0.05) is 22.6 Å². The minimum absolute atomic E-state index is 0.0386. The lowest BCUT2D eigenvalue weighted by atomic mass is 9.88. The first-order valence-corrected chi connectivity index (χ1v) is 11.6. The van der Waals surface area contributed by atoms with Crippen molar-refractivity contribution in [2.45, 2.75) is 38.9 Å². The number of allylic oxidation sites excluding steroid dienone is 4. The van der Waals surface area contributed by atoms with Crippen molar-refractivity contribution in [3.63, 3.8) is 0 Å². The predicted molar refractivity (Wildman–Crippen MR) is 126 cm³/mol. The Morgan fingerprint density at radius 2 is 1.76 bits per heavy atom. The van der Waals surface area contributed by atoms with Crippen LogP contribution in [-0.4, -0.2) is 19.8 Å². The van der Waals surface area contributed by atoms with Gasteiger partial charge in [-0.1, -0.05) is 41.5 Å². The molecule has 34 heavy (non-hydrogen) atoms. The molecule has 0 radical (unpaired) electrons. The normalized spacial score (nSPS) is 20.5. The molecule has 180 valence electrons. The predicted octanol–water partition coefficient (Wildman–Crippen LogP) is 7.44. The van der Waals surface area contributed by atoms with Crippen molar-refractivity contribution in [3.05, 3.63) is 89.3 Å². The van der Waals surface area contributed by atoms with E-state index in [9.17, 15) is 13.2 Å². The highest BCUT2D eigenvalue weighted by molar-refractivity contribution is 5.66. The standard InChI is InChI=1S/C28H29F3O3/c1-3-5-6-18-7-9-19(10-8-18)21-16-33-28(34-17-21)20-11-12-22(24(29)15-20)23-13-14-25(32-4-2)27(31)26(23)30/h3,7,9,11-15,21,28H,1,4-6,8,10,16-17H2,2H3. The van der Waals surface area contributed by atoms with Crippen molar-refractivity contribution in [3.8, 4) is 16.9 Å². The number of benzene rings is 2. The molecule has 2 aromatic rings. The van der Waals surface area contributed by atoms with Gasteiger partial charge in [0.1, 0.15) is 5.82 Å². The molecule has 3 nitrogen and oxygen atoms in total. The van der Waals surface area contributed by atoms with E-state index < -0.39 is 23.7 Å². The number of hydrogen-bond donors (Lipinski definition) is 0. The first-order valence-electron chi connectivity index (χ1n) is 11.6. The van der Waals surface area contributed by atoms with E-state index in [2.05, 4.69) is 18.7 Å². The summed E-state index contributed by atoms with van der Waals surface area (Å²) in [6.07, 6.45) is 9.64. The van der Waals surface area contributed by atoms with Gasteiger partial charge in [0.15, 0.2) is 17.9 Å². The summed E-state index contributed by atoms with van der Waals surface area (Å²) in [4.78, 5) is 0. The second-order valence-corrected chi connectivity index (χ2v) is 8.50. The second-order valence-electron chi connectivity index (χ2n) is 8.50. The van der Waals surface area contributed by atoms with Crippen molar-refractivity contribution >= 4 is 0 Å². The summed E-state index contributed by atoms with van der Waals surface area (Å²) in [7, 11) is 0. The molecule has 6 heteroatoms. The van der Waals surface area contributed by atoms with Gasteiger partial charge in [-0.05, 0) is 50.8 Å². The molecule has 1 saturated heterocycles. The van der Waals surface area contributed by atoms with Crippen LogP contribution in [0.3, 0.4) is 0 Å². The van der Waals surface area contributed by atoms with Crippen LogP contribution in [-0.2, 0) is 9.47 Å². The third-order valence-electron chi connectivity index (χ3n) is 6.26. The minimum atomic E-state index is -1.15. The van der Waals surface area contributed by atoms with Crippen LogP contribution >= 0.6 is 0 Å². The minimum Gasteiger partial charge on any atom is -0.491 e. The van der Waals surface area contributed by atoms with Crippen LogP contribution in [0.2, 0.25) is 0 Å². The Morgan fingerprint density at radius 3 is 2.41 bits per heavy atom. The smallest absolute Gasteiger partial charge is 0.201 e. The van der Waals surface area contributed by atoms with E-state index in [1.807, 2.05) is 6.08 Å². The lowest BCUT2D eigenvalue weighted by molar-refractivity contribution is -0.199. The summed E-state index contributed by atoms with van der Waals surface area (Å²) < 4.78 is 60.5. The van der Waals surface area contributed by atoms with E-state index in [-0.39, 0.29) is 29.4 Å². The molecule has 0 spiro atoms. The van der Waals surface area contributed by atoms with E-state index in [4.69, 9.17) is 14.2 Å². The van der Waals surface area contributed by atoms with Crippen molar-refractivity contribution in [1.82, 2.24) is 0 Å². The zero-order valence-corrected chi connectivity index (χ0v) is 19.3. The second kappa shape index (κ2) is 11.1. The molecule has 1 fully saturated rings. The Hall–Kier alpha value is -2.83. The molecule has 0 unspecified atom stereocenters. The summed E-state index contributed by atoms with van der Waals surface area (Å²) in [5, 5.41) is 0. The lowest BCUT2D eigenvalue weighted by Gasteiger charge is -2.32. The average molecular weight is 471 g/mol. The molecule has 1 heterocycles. The summed E-state index contributed by atoms with van der Waals surface area (Å²) in [5.74, 6) is -2.99. The molecule has 0 N–H and O–H groups in total. The molecule has 2 aromatic carbocycles. The molecule has 1 aliphatic carbocycles. The van der Waals surface area contributed by atoms with Crippen LogP contribution in [0.5, 0.6) is 5.75 Å². The van der Waals surface area contributed by atoms with E-state index in [0.717, 1.165) is 25.7 Å². The summed E-state index contributed by atoms with van der Waals surface area (Å²) in [6, 6.07) is 6.90. The molecule has 1 aliphatic heterocycles. The van der Waals surface area contributed by atoms with Gasteiger partial charge in [0.2, 0.25) is 5.82 Å². The molecule has 0 amide bonds. The number of ether oxygens (including phenoxy) is 3. The van der Waals surface area contributed by atoms with Crippen molar-refractivity contribution in [1.29, 1.82) is 0 Å². The van der Waals surface area contributed by atoms with Gasteiger partial charge in [-0.2, -0.15) is 4.39 Å². The van der Waals surface area contributed by atoms with Gasteiger partial charge >= 0.3 is 0 Å². The Kier molecular flexibility index (Phi) is 7.91. The highest BCUT2D eigenvalue weighted by Gasteiger charge is 2.27. The van der Waals surface area contributed by atoms with E-state index >= 15 is 0 Å². The van der Waals surface area contributed by atoms with Crippen LogP contribution in [0.15, 0.2) is 66.3 Å². The molecule has 0 aromatic heterocycles. The zero-order chi connectivity index (χ0) is 24.1. The first-order chi connectivity index (χ1) is 16.5. The van der Waals surface area contributed by atoms with Crippen LogP contribution in [0.25, 0.3) is 11.1 Å². The van der Waals surface area contributed by atoms with Gasteiger partial charge in [0.05, 0.1) is 19.8 Å². The van der Waals surface area contributed by atoms with Gasteiger partial charge in [-0.15, -0.1) is 6.58 Å². The van der Waals surface area contributed by atoms with E-state index in [1.165, 1.54) is 35.4 Å². The van der Waals surface area contributed by atoms with Crippen molar-refractivity contribution in [2.24, 2.45) is 5.92 Å². The highest BCUT2D eigenvalue weighted by atomic mass is 19.2. The molecule has 4 rings (SSSR count). The maximum Gasteiger partial charge on any atom is 0.201 e. The van der Waals surface area contributed by atoms with Crippen LogP contribution < -0.4 is 4.74 Å². The largest absolute Gasteiger partial charge is 0.491 e. The Bertz CT molecular complexity index is 1100. The number of halogens is 3. The molecular formula is C28H29F3O3. The SMILES string of the molecule is C=CCCC1=CC=C(C2COC(c3ccc(-c4ccc(OCC)c(F)c4F)c(F)c3)OC2)CC1. The maximum absolute atomic E-state index is 14.9. The van der Waals surface area contributed by atoms with Crippen LogP contribution in [0.4, 0.5) is 13.2 Å². The Labute approximate surface area is 198 Å². The van der Waals surface area contributed by atoms with Crippen molar-refractivity contribution in [2.75, 3.05) is 19.8 Å². The summed E-state index contributed by atoms with van der Waals surface area (Å²) in [6.45, 7) is 6.61. The van der Waals surface area contributed by atoms with Gasteiger partial charge in [-0.25, -0.2) is 8.78 Å². The van der Waals surface area contributed by atoms with Crippen molar-refractivity contribution < 1.29 is 27.4 Å². The van der Waals surface area contributed by atoms with Gasteiger partial charge in [-0.3, -0.25) is 0 Å². The quantitative estimate of drug-likeness (QED) is 0.375. The van der Waals surface area contributed by atoms with Gasteiger partial charge in [0.25, 0.3) is 0 Å². The fourth-order valence-corrected chi connectivity index (χ4v) is 4.35. The lowest BCUT2D eigenvalue weighted by Crippen LogP contribution is -2.29. The third kappa shape index (κ3) is 5.29. The monoisotopic (exact) mass is 470 g/mol. The Morgan fingerprint density at radius 1 is 1.00 bits per heavy atom. The molecule has 2 aliphatic rings. The fourth-order valence-electron chi connectivity index (χ4n) is 4.35. The van der Waals surface area contributed by atoms with Gasteiger partial charge < -0.3 is 14.2 Å². The topological polar surface area (TPSA) is 27.7 Å². The average Bonchev–Trinajstić information content (AvgIpc) is 2.86. The molecule has 0 atom stereocenters. The zero-order valence-electron chi connectivity index (χ0n) is 19.3. The summed E-state index contributed by atoms with van der Waals surface area (Å²) >= 11 is 0. The number of hydrogen-bond acceptors (Lipinski definition) is 3. The molecule has 0 saturated carbocycles. The first kappa shape index (κ1) is 24.3. The molecular weight excluding hydrogens is 441 g/mol. The number of rotatable bonds is 8. The van der Waals surface area contributed by atoms with E-state index in [0.29, 0.717) is 18.8 Å². The fraction of sp³-hybridized carbons (Fsp3) is 0.357. The third-order valence-corrected chi connectivity index (χ3v) is 6.26. The maximum atomic E-state index is 14.9.